The lowest BCUT2D eigenvalue weighted by molar-refractivity contribution is -0.149. The highest BCUT2D eigenvalue weighted by atomic mass is 19.4. The number of halogens is 3. The van der Waals surface area contributed by atoms with Crippen LogP contribution < -0.4 is 10.6 Å². The standard InChI is InChI=1S/C23H23F3N2O5/c1-13(10-20(29)30)27-21(31)19(11-23(24,25)26)28-22(32)33-12-18-16-8-4-2-6-14(16)15-7-3-5-9-17(15)18/h2-9,13,18-19H,10-12H2,1H3,(H,27,31)(H,28,32)(H,29,30)/t13-,19?/m1/s1. The number of alkyl carbamates (subject to hydrolysis) is 1. The number of amides is 2. The van der Waals surface area contributed by atoms with Gasteiger partial charge in [0.2, 0.25) is 5.91 Å². The Morgan fingerprint density at radius 1 is 1.00 bits per heavy atom. The average molecular weight is 464 g/mol. The molecule has 33 heavy (non-hydrogen) atoms. The van der Waals surface area contributed by atoms with E-state index in [1.54, 1.807) is 0 Å². The topological polar surface area (TPSA) is 105 Å². The Hall–Kier alpha value is -3.56. The second-order valence-corrected chi connectivity index (χ2v) is 7.85. The number of nitrogens with one attached hydrogen (secondary N) is 2. The second kappa shape index (κ2) is 9.93. The van der Waals surface area contributed by atoms with Crippen LogP contribution in [0.3, 0.4) is 0 Å². The molecule has 1 aliphatic rings. The number of fused-ring (bicyclic) bond motifs is 3. The maximum atomic E-state index is 13.0. The largest absolute Gasteiger partial charge is 0.481 e. The molecule has 0 heterocycles. The van der Waals surface area contributed by atoms with E-state index in [0.717, 1.165) is 22.3 Å². The summed E-state index contributed by atoms with van der Waals surface area (Å²) in [6.07, 6.45) is -8.01. The number of alkyl halides is 3. The van der Waals surface area contributed by atoms with E-state index in [-0.39, 0.29) is 12.5 Å². The Kier molecular flexibility index (Phi) is 7.25. The van der Waals surface area contributed by atoms with E-state index in [4.69, 9.17) is 9.84 Å². The molecule has 0 radical (unpaired) electrons. The van der Waals surface area contributed by atoms with E-state index in [1.807, 2.05) is 53.8 Å². The van der Waals surface area contributed by atoms with Gasteiger partial charge in [0.25, 0.3) is 0 Å². The van der Waals surface area contributed by atoms with E-state index in [2.05, 4.69) is 5.32 Å². The van der Waals surface area contributed by atoms with Crippen molar-refractivity contribution in [3.05, 3.63) is 59.7 Å². The van der Waals surface area contributed by atoms with Crippen molar-refractivity contribution in [1.82, 2.24) is 10.6 Å². The first-order valence-corrected chi connectivity index (χ1v) is 10.3. The quantitative estimate of drug-likeness (QED) is 0.551. The predicted molar refractivity (Wildman–Crippen MR) is 113 cm³/mol. The summed E-state index contributed by atoms with van der Waals surface area (Å²) in [4.78, 5) is 35.3. The summed E-state index contributed by atoms with van der Waals surface area (Å²) in [5.41, 5.74) is 3.84. The third-order valence-corrected chi connectivity index (χ3v) is 5.26. The molecule has 3 N–H and O–H groups in total. The molecule has 176 valence electrons. The summed E-state index contributed by atoms with van der Waals surface area (Å²) in [5.74, 6) is -2.66. The number of hydrogen-bond acceptors (Lipinski definition) is 4. The summed E-state index contributed by atoms with van der Waals surface area (Å²) in [5, 5.41) is 12.9. The van der Waals surface area contributed by atoms with Crippen LogP contribution in [-0.4, -0.2) is 47.9 Å². The van der Waals surface area contributed by atoms with E-state index in [0.29, 0.717) is 0 Å². The molecule has 2 aromatic rings. The number of carboxylic acids is 1. The lowest BCUT2D eigenvalue weighted by Gasteiger charge is -2.22. The van der Waals surface area contributed by atoms with Gasteiger partial charge < -0.3 is 20.5 Å². The summed E-state index contributed by atoms with van der Waals surface area (Å²) in [6.45, 7) is 1.21. The van der Waals surface area contributed by atoms with Gasteiger partial charge >= 0.3 is 18.2 Å². The fourth-order valence-electron chi connectivity index (χ4n) is 3.88. The zero-order valence-corrected chi connectivity index (χ0v) is 17.7. The monoisotopic (exact) mass is 464 g/mol. The molecule has 2 aromatic carbocycles. The minimum atomic E-state index is -4.74. The van der Waals surface area contributed by atoms with Crippen LogP contribution in [0.4, 0.5) is 18.0 Å². The van der Waals surface area contributed by atoms with Gasteiger partial charge in [0.05, 0.1) is 12.8 Å². The number of rotatable bonds is 8. The van der Waals surface area contributed by atoms with Crippen LogP contribution in [0.1, 0.15) is 36.8 Å². The van der Waals surface area contributed by atoms with Crippen molar-refractivity contribution in [2.45, 2.75) is 43.9 Å². The van der Waals surface area contributed by atoms with Crippen LogP contribution in [0.15, 0.2) is 48.5 Å². The van der Waals surface area contributed by atoms with Gasteiger partial charge in [-0.2, -0.15) is 13.2 Å². The van der Waals surface area contributed by atoms with Crippen molar-refractivity contribution in [2.24, 2.45) is 0 Å². The molecule has 0 saturated heterocycles. The van der Waals surface area contributed by atoms with Gasteiger partial charge in [-0.3, -0.25) is 9.59 Å². The molecule has 0 saturated carbocycles. The summed E-state index contributed by atoms with van der Waals surface area (Å²) in [6, 6.07) is 12.3. The number of carbonyl (C=O) groups is 3. The lowest BCUT2D eigenvalue weighted by Crippen LogP contribution is -2.51. The molecule has 3 rings (SSSR count). The normalized spacial score (nSPS) is 14.5. The maximum Gasteiger partial charge on any atom is 0.407 e. The average Bonchev–Trinajstić information content (AvgIpc) is 3.04. The second-order valence-electron chi connectivity index (χ2n) is 7.85. The zero-order chi connectivity index (χ0) is 24.2. The molecule has 0 spiro atoms. The third kappa shape index (κ3) is 6.24. The van der Waals surface area contributed by atoms with Crippen molar-refractivity contribution in [1.29, 1.82) is 0 Å². The van der Waals surface area contributed by atoms with Gasteiger partial charge in [-0.05, 0) is 29.2 Å². The fraction of sp³-hybridized carbons (Fsp3) is 0.348. The molecule has 1 unspecified atom stereocenters. The highest BCUT2D eigenvalue weighted by Gasteiger charge is 2.37. The minimum Gasteiger partial charge on any atom is -0.481 e. The van der Waals surface area contributed by atoms with Gasteiger partial charge in [0.1, 0.15) is 12.6 Å². The minimum absolute atomic E-state index is 0.129. The fourth-order valence-corrected chi connectivity index (χ4v) is 3.88. The van der Waals surface area contributed by atoms with Crippen molar-refractivity contribution in [2.75, 3.05) is 6.61 Å². The molecule has 0 bridgehead atoms. The van der Waals surface area contributed by atoms with Gasteiger partial charge in [0, 0.05) is 12.0 Å². The van der Waals surface area contributed by atoms with Crippen LogP contribution in [0.25, 0.3) is 11.1 Å². The molecule has 2 atom stereocenters. The summed E-state index contributed by atoms with van der Waals surface area (Å²) in [7, 11) is 0. The Labute approximate surface area is 187 Å². The lowest BCUT2D eigenvalue weighted by atomic mass is 9.98. The molecular weight excluding hydrogens is 441 g/mol. The number of benzene rings is 2. The number of hydrogen-bond donors (Lipinski definition) is 3. The van der Waals surface area contributed by atoms with Crippen molar-refractivity contribution in [3.8, 4) is 11.1 Å². The smallest absolute Gasteiger partial charge is 0.407 e. The van der Waals surface area contributed by atoms with Crippen molar-refractivity contribution < 1.29 is 37.4 Å². The Balaban J connectivity index is 1.67. The Morgan fingerprint density at radius 2 is 1.55 bits per heavy atom. The molecule has 0 aliphatic heterocycles. The summed E-state index contributed by atoms with van der Waals surface area (Å²) < 4.78 is 44.1. The van der Waals surface area contributed by atoms with Gasteiger partial charge in [0.15, 0.2) is 0 Å². The molecule has 0 fully saturated rings. The van der Waals surface area contributed by atoms with E-state index < -0.39 is 49.1 Å². The SMILES string of the molecule is C[C@H](CC(=O)O)NC(=O)C(CC(F)(F)F)NC(=O)OCC1c2ccccc2-c2ccccc21. The van der Waals surface area contributed by atoms with Gasteiger partial charge in [-0.15, -0.1) is 0 Å². The van der Waals surface area contributed by atoms with Gasteiger partial charge in [-0.1, -0.05) is 48.5 Å². The van der Waals surface area contributed by atoms with E-state index >= 15 is 0 Å². The van der Waals surface area contributed by atoms with Crippen molar-refractivity contribution in [3.63, 3.8) is 0 Å². The number of carbonyl (C=O) groups excluding carboxylic acids is 2. The first-order chi connectivity index (χ1) is 15.5. The first-order valence-electron chi connectivity index (χ1n) is 10.3. The predicted octanol–water partition coefficient (Wildman–Crippen LogP) is 3.83. The number of aliphatic carboxylic acids is 1. The highest BCUT2D eigenvalue weighted by molar-refractivity contribution is 5.86. The Bertz CT molecular complexity index is 995. The molecule has 7 nitrogen and oxygen atoms in total. The number of carboxylic acid groups (broad SMARTS) is 1. The third-order valence-electron chi connectivity index (χ3n) is 5.26. The molecule has 10 heteroatoms. The van der Waals surface area contributed by atoms with Crippen LogP contribution in [0, 0.1) is 0 Å². The van der Waals surface area contributed by atoms with Crippen LogP contribution in [0.5, 0.6) is 0 Å². The van der Waals surface area contributed by atoms with Crippen LogP contribution in [0.2, 0.25) is 0 Å². The molecule has 0 aromatic heterocycles. The van der Waals surface area contributed by atoms with Crippen LogP contribution in [-0.2, 0) is 14.3 Å². The molecule has 1 aliphatic carbocycles. The summed E-state index contributed by atoms with van der Waals surface area (Å²) >= 11 is 0. The zero-order valence-electron chi connectivity index (χ0n) is 17.7. The molecule has 2 amide bonds. The number of ether oxygens (including phenoxy) is 1. The van der Waals surface area contributed by atoms with Crippen LogP contribution >= 0.6 is 0 Å². The Morgan fingerprint density at radius 3 is 2.06 bits per heavy atom. The van der Waals surface area contributed by atoms with Crippen molar-refractivity contribution >= 4 is 18.0 Å². The van der Waals surface area contributed by atoms with Gasteiger partial charge in [-0.25, -0.2) is 4.79 Å². The highest BCUT2D eigenvalue weighted by Crippen LogP contribution is 2.44. The van der Waals surface area contributed by atoms with E-state index in [9.17, 15) is 27.6 Å². The first kappa shape index (κ1) is 24.1. The maximum absolute atomic E-state index is 13.0. The van der Waals surface area contributed by atoms with E-state index in [1.165, 1.54) is 6.92 Å². The molecular formula is C23H23F3N2O5.